The van der Waals surface area contributed by atoms with Gasteiger partial charge in [0.15, 0.2) is 5.96 Å². The Balaban J connectivity index is 1.78. The SMILES string of the molecule is CCNC(=NCCCOCCOC)N1CCN(c2ccc(OC)cc2)CC1. The number of benzene rings is 1. The molecule has 2 rings (SSSR count). The number of nitrogens with one attached hydrogen (secondary N) is 1. The van der Waals surface area contributed by atoms with Crippen LogP contribution in [0, 0.1) is 0 Å². The molecular formula is C20H34N4O3. The first kappa shape index (κ1) is 21.3. The van der Waals surface area contributed by atoms with Gasteiger partial charge in [0.1, 0.15) is 5.75 Å². The Hall–Kier alpha value is -1.99. The summed E-state index contributed by atoms with van der Waals surface area (Å²) in [5.74, 6) is 1.90. The van der Waals surface area contributed by atoms with Crippen molar-refractivity contribution in [3.05, 3.63) is 24.3 Å². The lowest BCUT2D eigenvalue weighted by Crippen LogP contribution is -2.52. The van der Waals surface area contributed by atoms with Crippen LogP contribution in [0.1, 0.15) is 13.3 Å². The molecule has 0 saturated carbocycles. The van der Waals surface area contributed by atoms with Crippen molar-refractivity contribution in [1.29, 1.82) is 0 Å². The maximum absolute atomic E-state index is 5.50. The molecule has 0 atom stereocenters. The Labute approximate surface area is 163 Å². The van der Waals surface area contributed by atoms with E-state index in [0.29, 0.717) is 13.2 Å². The lowest BCUT2D eigenvalue weighted by molar-refractivity contribution is 0.0702. The molecular weight excluding hydrogens is 344 g/mol. The van der Waals surface area contributed by atoms with Crippen LogP contribution in [0.5, 0.6) is 5.75 Å². The lowest BCUT2D eigenvalue weighted by atomic mass is 10.2. The molecule has 1 aliphatic rings. The molecule has 1 saturated heterocycles. The summed E-state index contributed by atoms with van der Waals surface area (Å²) >= 11 is 0. The molecule has 1 N–H and O–H groups in total. The van der Waals surface area contributed by atoms with Crippen LogP contribution in [0.4, 0.5) is 5.69 Å². The van der Waals surface area contributed by atoms with Crippen molar-refractivity contribution in [2.24, 2.45) is 4.99 Å². The van der Waals surface area contributed by atoms with Gasteiger partial charge in [-0.05, 0) is 37.6 Å². The number of rotatable bonds is 10. The maximum atomic E-state index is 5.50. The second kappa shape index (κ2) is 12.4. The molecule has 0 amide bonds. The van der Waals surface area contributed by atoms with Crippen molar-refractivity contribution in [3.8, 4) is 5.75 Å². The van der Waals surface area contributed by atoms with Gasteiger partial charge < -0.3 is 29.3 Å². The molecule has 0 aromatic heterocycles. The van der Waals surface area contributed by atoms with Gasteiger partial charge in [-0.3, -0.25) is 4.99 Å². The topological polar surface area (TPSA) is 58.6 Å². The third-order valence-electron chi connectivity index (χ3n) is 4.49. The van der Waals surface area contributed by atoms with Crippen LogP contribution in [0.2, 0.25) is 0 Å². The van der Waals surface area contributed by atoms with Crippen molar-refractivity contribution < 1.29 is 14.2 Å². The molecule has 1 aromatic carbocycles. The molecule has 0 unspecified atom stereocenters. The van der Waals surface area contributed by atoms with E-state index in [2.05, 4.69) is 34.2 Å². The second-order valence-corrected chi connectivity index (χ2v) is 6.37. The predicted molar refractivity (Wildman–Crippen MR) is 110 cm³/mol. The number of aliphatic imine (C=N–C) groups is 1. The van der Waals surface area contributed by atoms with Gasteiger partial charge in [0.2, 0.25) is 0 Å². The van der Waals surface area contributed by atoms with Gasteiger partial charge in [-0.1, -0.05) is 0 Å². The van der Waals surface area contributed by atoms with Crippen molar-refractivity contribution in [2.75, 3.05) is 78.2 Å². The van der Waals surface area contributed by atoms with E-state index >= 15 is 0 Å². The zero-order valence-electron chi connectivity index (χ0n) is 16.9. The Bertz CT molecular complexity index is 543. The molecule has 152 valence electrons. The molecule has 1 aliphatic heterocycles. The number of anilines is 1. The van der Waals surface area contributed by atoms with Crippen molar-refractivity contribution in [3.63, 3.8) is 0 Å². The van der Waals surface area contributed by atoms with Crippen LogP contribution in [0.25, 0.3) is 0 Å². The predicted octanol–water partition coefficient (Wildman–Crippen LogP) is 1.84. The number of hydrogen-bond donors (Lipinski definition) is 1. The highest BCUT2D eigenvalue weighted by molar-refractivity contribution is 5.80. The Morgan fingerprint density at radius 1 is 1.04 bits per heavy atom. The summed E-state index contributed by atoms with van der Waals surface area (Å²) in [6.07, 6.45) is 0.921. The number of ether oxygens (including phenoxy) is 3. The van der Waals surface area contributed by atoms with Crippen LogP contribution >= 0.6 is 0 Å². The van der Waals surface area contributed by atoms with Crippen LogP contribution in [0.3, 0.4) is 0 Å². The van der Waals surface area contributed by atoms with Crippen LogP contribution < -0.4 is 15.0 Å². The summed E-state index contributed by atoms with van der Waals surface area (Å²) < 4.78 is 15.7. The van der Waals surface area contributed by atoms with E-state index < -0.39 is 0 Å². The Morgan fingerprint density at radius 2 is 1.78 bits per heavy atom. The van der Waals surface area contributed by atoms with E-state index in [-0.39, 0.29) is 0 Å². The minimum absolute atomic E-state index is 0.643. The maximum Gasteiger partial charge on any atom is 0.194 e. The minimum Gasteiger partial charge on any atom is -0.497 e. The quantitative estimate of drug-likeness (QED) is 0.381. The number of methoxy groups -OCH3 is 2. The number of hydrogen-bond acceptors (Lipinski definition) is 5. The van der Waals surface area contributed by atoms with Gasteiger partial charge in [0.05, 0.1) is 20.3 Å². The van der Waals surface area contributed by atoms with Gasteiger partial charge in [0, 0.05) is 58.7 Å². The third-order valence-corrected chi connectivity index (χ3v) is 4.49. The first-order valence-corrected chi connectivity index (χ1v) is 9.77. The first-order chi connectivity index (χ1) is 13.3. The summed E-state index contributed by atoms with van der Waals surface area (Å²) in [5.41, 5.74) is 1.24. The molecule has 0 bridgehead atoms. The summed E-state index contributed by atoms with van der Waals surface area (Å²) in [5, 5.41) is 3.41. The van der Waals surface area contributed by atoms with Crippen molar-refractivity contribution in [2.45, 2.75) is 13.3 Å². The van der Waals surface area contributed by atoms with Gasteiger partial charge in [0.25, 0.3) is 0 Å². The molecule has 7 nitrogen and oxygen atoms in total. The molecule has 0 spiro atoms. The normalized spacial score (nSPS) is 15.1. The molecule has 0 aliphatic carbocycles. The lowest BCUT2D eigenvalue weighted by Gasteiger charge is -2.37. The van der Waals surface area contributed by atoms with Crippen LogP contribution in [-0.4, -0.2) is 84.2 Å². The average molecular weight is 379 g/mol. The van der Waals surface area contributed by atoms with Gasteiger partial charge >= 0.3 is 0 Å². The van der Waals surface area contributed by atoms with Crippen molar-refractivity contribution in [1.82, 2.24) is 10.2 Å². The Kier molecular flexibility index (Phi) is 9.79. The van der Waals surface area contributed by atoms with Gasteiger partial charge in [-0.25, -0.2) is 0 Å². The molecule has 7 heteroatoms. The highest BCUT2D eigenvalue weighted by atomic mass is 16.5. The van der Waals surface area contributed by atoms with Crippen LogP contribution in [0.15, 0.2) is 29.3 Å². The molecule has 0 radical (unpaired) electrons. The highest BCUT2D eigenvalue weighted by Gasteiger charge is 2.19. The number of piperazine rings is 1. The largest absolute Gasteiger partial charge is 0.497 e. The first-order valence-electron chi connectivity index (χ1n) is 9.77. The van der Waals surface area contributed by atoms with E-state index in [1.807, 2.05) is 12.1 Å². The fraction of sp³-hybridized carbons (Fsp3) is 0.650. The minimum atomic E-state index is 0.643. The van der Waals surface area contributed by atoms with E-state index in [0.717, 1.165) is 64.0 Å². The average Bonchev–Trinajstić information content (AvgIpc) is 2.72. The molecule has 1 fully saturated rings. The zero-order valence-corrected chi connectivity index (χ0v) is 16.9. The van der Waals surface area contributed by atoms with E-state index in [9.17, 15) is 0 Å². The molecule has 1 aromatic rings. The number of guanidine groups is 1. The summed E-state index contributed by atoms with van der Waals surface area (Å²) in [4.78, 5) is 9.51. The number of nitrogens with zero attached hydrogens (tertiary/aromatic N) is 3. The fourth-order valence-corrected chi connectivity index (χ4v) is 2.99. The second-order valence-electron chi connectivity index (χ2n) is 6.37. The monoisotopic (exact) mass is 378 g/mol. The smallest absolute Gasteiger partial charge is 0.194 e. The van der Waals surface area contributed by atoms with E-state index in [1.165, 1.54) is 5.69 Å². The van der Waals surface area contributed by atoms with Crippen molar-refractivity contribution >= 4 is 11.6 Å². The van der Waals surface area contributed by atoms with Crippen LogP contribution in [-0.2, 0) is 9.47 Å². The summed E-state index contributed by atoms with van der Waals surface area (Å²) in [7, 11) is 3.38. The third kappa shape index (κ3) is 7.27. The van der Waals surface area contributed by atoms with Gasteiger partial charge in [-0.15, -0.1) is 0 Å². The Morgan fingerprint density at radius 3 is 2.41 bits per heavy atom. The van der Waals surface area contributed by atoms with E-state index in [4.69, 9.17) is 19.2 Å². The summed E-state index contributed by atoms with van der Waals surface area (Å²) in [6.45, 7) is 9.65. The molecule has 1 heterocycles. The van der Waals surface area contributed by atoms with Gasteiger partial charge in [-0.2, -0.15) is 0 Å². The standard InChI is InChI=1S/C20H34N4O3/c1-4-21-20(22-10-5-15-27-17-16-25-2)24-13-11-23(12-14-24)18-6-8-19(26-3)9-7-18/h6-9H,4-5,10-17H2,1-3H3,(H,21,22). The fourth-order valence-electron chi connectivity index (χ4n) is 2.99. The highest BCUT2D eigenvalue weighted by Crippen LogP contribution is 2.20. The molecule has 27 heavy (non-hydrogen) atoms. The zero-order chi connectivity index (χ0) is 19.3. The summed E-state index contributed by atoms with van der Waals surface area (Å²) in [6, 6.07) is 8.28. The van der Waals surface area contributed by atoms with E-state index in [1.54, 1.807) is 14.2 Å².